The van der Waals surface area contributed by atoms with Crippen molar-refractivity contribution >= 4 is 6.08 Å². The van der Waals surface area contributed by atoms with E-state index in [1.165, 1.54) is 0 Å². The quantitative estimate of drug-likeness (QED) is 0.729. The molecule has 1 N–H and O–H groups in total. The smallest absolute Gasteiger partial charge is 0.161 e. The zero-order chi connectivity index (χ0) is 10.4. The first kappa shape index (κ1) is 10.6. The van der Waals surface area contributed by atoms with E-state index in [1.54, 1.807) is 31.4 Å². The number of aromatic hydroxyl groups is 1. The molecule has 0 aliphatic carbocycles. The van der Waals surface area contributed by atoms with Crippen LogP contribution in [0, 0.1) is 0 Å². The SMILES string of the molecule is C=Cc1ccc(O)c(OCCOC)c1. The third-order valence-corrected chi connectivity index (χ3v) is 1.76. The molecule has 0 spiro atoms. The van der Waals surface area contributed by atoms with Gasteiger partial charge in [-0.3, -0.25) is 0 Å². The molecule has 1 aromatic carbocycles. The highest BCUT2D eigenvalue weighted by Crippen LogP contribution is 2.26. The van der Waals surface area contributed by atoms with Crippen molar-refractivity contribution in [2.24, 2.45) is 0 Å². The molecule has 0 aliphatic heterocycles. The number of benzene rings is 1. The highest BCUT2D eigenvalue weighted by atomic mass is 16.5. The van der Waals surface area contributed by atoms with Crippen molar-refractivity contribution < 1.29 is 14.6 Å². The molecule has 14 heavy (non-hydrogen) atoms. The fraction of sp³-hybridized carbons (Fsp3) is 0.273. The molecule has 0 radical (unpaired) electrons. The lowest BCUT2D eigenvalue weighted by Crippen LogP contribution is -2.04. The first-order chi connectivity index (χ1) is 6.77. The van der Waals surface area contributed by atoms with Crippen molar-refractivity contribution in [1.82, 2.24) is 0 Å². The minimum Gasteiger partial charge on any atom is -0.504 e. The Balaban J connectivity index is 2.68. The van der Waals surface area contributed by atoms with Gasteiger partial charge in [0.1, 0.15) is 6.61 Å². The van der Waals surface area contributed by atoms with Gasteiger partial charge >= 0.3 is 0 Å². The molecule has 76 valence electrons. The lowest BCUT2D eigenvalue weighted by atomic mass is 10.2. The van der Waals surface area contributed by atoms with Gasteiger partial charge in [0.05, 0.1) is 6.61 Å². The summed E-state index contributed by atoms with van der Waals surface area (Å²) < 4.78 is 10.1. The molecule has 0 fully saturated rings. The average Bonchev–Trinajstić information content (AvgIpc) is 2.21. The summed E-state index contributed by atoms with van der Waals surface area (Å²) in [7, 11) is 1.60. The number of methoxy groups -OCH3 is 1. The molecular weight excluding hydrogens is 180 g/mol. The Morgan fingerprint density at radius 2 is 2.21 bits per heavy atom. The van der Waals surface area contributed by atoms with Crippen molar-refractivity contribution in [2.45, 2.75) is 0 Å². The Bertz CT molecular complexity index is 307. The van der Waals surface area contributed by atoms with Crippen molar-refractivity contribution in [1.29, 1.82) is 0 Å². The number of phenolic OH excluding ortho intramolecular Hbond substituents is 1. The van der Waals surface area contributed by atoms with E-state index in [-0.39, 0.29) is 5.75 Å². The van der Waals surface area contributed by atoms with E-state index in [2.05, 4.69) is 6.58 Å². The van der Waals surface area contributed by atoms with Crippen LogP contribution in [0.1, 0.15) is 5.56 Å². The lowest BCUT2D eigenvalue weighted by molar-refractivity contribution is 0.144. The van der Waals surface area contributed by atoms with Crippen molar-refractivity contribution in [3.8, 4) is 11.5 Å². The summed E-state index contributed by atoms with van der Waals surface area (Å²) in [5.74, 6) is 0.589. The van der Waals surface area contributed by atoms with Gasteiger partial charge in [-0.1, -0.05) is 18.7 Å². The monoisotopic (exact) mass is 194 g/mol. The Labute approximate surface area is 83.6 Å². The van der Waals surface area contributed by atoms with E-state index < -0.39 is 0 Å². The molecule has 3 heteroatoms. The number of ether oxygens (including phenoxy) is 2. The minimum absolute atomic E-state index is 0.131. The van der Waals surface area contributed by atoms with Crippen LogP contribution < -0.4 is 4.74 Å². The molecule has 1 aromatic rings. The van der Waals surface area contributed by atoms with Crippen molar-refractivity contribution in [3.05, 3.63) is 30.3 Å². The highest BCUT2D eigenvalue weighted by Gasteiger charge is 2.01. The molecule has 0 saturated heterocycles. The van der Waals surface area contributed by atoms with Gasteiger partial charge in [-0.05, 0) is 17.7 Å². The maximum absolute atomic E-state index is 9.43. The number of hydrogen-bond donors (Lipinski definition) is 1. The number of rotatable bonds is 5. The normalized spacial score (nSPS) is 9.79. The molecule has 0 amide bonds. The largest absolute Gasteiger partial charge is 0.504 e. The third-order valence-electron chi connectivity index (χ3n) is 1.76. The van der Waals surface area contributed by atoms with Crippen LogP contribution in [0.5, 0.6) is 11.5 Å². The van der Waals surface area contributed by atoms with Gasteiger partial charge in [0, 0.05) is 7.11 Å². The molecule has 0 atom stereocenters. The van der Waals surface area contributed by atoms with E-state index in [4.69, 9.17) is 9.47 Å². The van der Waals surface area contributed by atoms with Gasteiger partial charge in [-0.25, -0.2) is 0 Å². The maximum Gasteiger partial charge on any atom is 0.161 e. The van der Waals surface area contributed by atoms with Crippen LogP contribution in [0.2, 0.25) is 0 Å². The zero-order valence-electron chi connectivity index (χ0n) is 8.19. The topological polar surface area (TPSA) is 38.7 Å². The summed E-state index contributed by atoms with van der Waals surface area (Å²) in [5.41, 5.74) is 0.912. The van der Waals surface area contributed by atoms with Crippen LogP contribution >= 0.6 is 0 Å². The maximum atomic E-state index is 9.43. The molecule has 0 saturated carbocycles. The Morgan fingerprint density at radius 1 is 1.43 bits per heavy atom. The third kappa shape index (κ3) is 2.78. The first-order valence-corrected chi connectivity index (χ1v) is 4.35. The van der Waals surface area contributed by atoms with Crippen LogP contribution in [-0.4, -0.2) is 25.4 Å². The molecule has 0 bridgehead atoms. The van der Waals surface area contributed by atoms with Crippen LogP contribution in [-0.2, 0) is 4.74 Å². The van der Waals surface area contributed by atoms with Crippen molar-refractivity contribution in [2.75, 3.05) is 20.3 Å². The van der Waals surface area contributed by atoms with Gasteiger partial charge in [0.2, 0.25) is 0 Å². The number of phenols is 1. The van der Waals surface area contributed by atoms with Crippen LogP contribution in [0.3, 0.4) is 0 Å². The van der Waals surface area contributed by atoms with Gasteiger partial charge < -0.3 is 14.6 Å². The summed E-state index contributed by atoms with van der Waals surface area (Å²) in [4.78, 5) is 0. The van der Waals surface area contributed by atoms with Crippen molar-refractivity contribution in [3.63, 3.8) is 0 Å². The summed E-state index contributed by atoms with van der Waals surface area (Å²) in [6, 6.07) is 5.09. The summed E-state index contributed by atoms with van der Waals surface area (Å²) in [6.07, 6.45) is 1.70. The zero-order valence-corrected chi connectivity index (χ0v) is 8.19. The van der Waals surface area contributed by atoms with E-state index in [0.29, 0.717) is 19.0 Å². The van der Waals surface area contributed by atoms with Crippen LogP contribution in [0.15, 0.2) is 24.8 Å². The standard InChI is InChI=1S/C11H14O3/c1-3-9-4-5-10(12)11(8-9)14-7-6-13-2/h3-5,8,12H,1,6-7H2,2H3. The lowest BCUT2D eigenvalue weighted by Gasteiger charge is -2.07. The van der Waals surface area contributed by atoms with Crippen LogP contribution in [0.25, 0.3) is 6.08 Å². The summed E-state index contributed by atoms with van der Waals surface area (Å²) >= 11 is 0. The van der Waals surface area contributed by atoms with E-state index in [1.807, 2.05) is 0 Å². The van der Waals surface area contributed by atoms with Gasteiger partial charge in [0.15, 0.2) is 11.5 Å². The molecule has 3 nitrogen and oxygen atoms in total. The van der Waals surface area contributed by atoms with E-state index >= 15 is 0 Å². The molecular formula is C11H14O3. The molecule has 0 aliphatic rings. The average molecular weight is 194 g/mol. The Hall–Kier alpha value is -1.48. The second-order valence-electron chi connectivity index (χ2n) is 2.77. The van der Waals surface area contributed by atoms with Gasteiger partial charge in [-0.2, -0.15) is 0 Å². The first-order valence-electron chi connectivity index (χ1n) is 4.35. The van der Waals surface area contributed by atoms with E-state index in [9.17, 15) is 5.11 Å². The molecule has 0 heterocycles. The molecule has 0 unspecified atom stereocenters. The fourth-order valence-corrected chi connectivity index (χ4v) is 1.01. The summed E-state index contributed by atoms with van der Waals surface area (Å²) in [6.45, 7) is 4.56. The predicted octanol–water partition coefficient (Wildman–Crippen LogP) is 2.06. The fourth-order valence-electron chi connectivity index (χ4n) is 1.01. The van der Waals surface area contributed by atoms with Gasteiger partial charge in [-0.15, -0.1) is 0 Å². The minimum atomic E-state index is 0.131. The Kier molecular flexibility index (Phi) is 4.01. The second kappa shape index (κ2) is 5.29. The Morgan fingerprint density at radius 3 is 2.86 bits per heavy atom. The molecule has 1 rings (SSSR count). The molecule has 0 aromatic heterocycles. The number of hydrogen-bond acceptors (Lipinski definition) is 3. The van der Waals surface area contributed by atoms with Gasteiger partial charge in [0.25, 0.3) is 0 Å². The summed E-state index contributed by atoms with van der Waals surface area (Å²) in [5, 5.41) is 9.43. The predicted molar refractivity (Wildman–Crippen MR) is 55.6 cm³/mol. The van der Waals surface area contributed by atoms with Crippen LogP contribution in [0.4, 0.5) is 0 Å². The highest BCUT2D eigenvalue weighted by molar-refractivity contribution is 5.53. The van der Waals surface area contributed by atoms with E-state index in [0.717, 1.165) is 5.56 Å². The second-order valence-corrected chi connectivity index (χ2v) is 2.77.